The smallest absolute Gasteiger partial charge is 0.348 e. The highest BCUT2D eigenvalue weighted by Gasteiger charge is 2.40. The predicted molar refractivity (Wildman–Crippen MR) is 60.6 cm³/mol. The van der Waals surface area contributed by atoms with Gasteiger partial charge in [0.1, 0.15) is 0 Å². The van der Waals surface area contributed by atoms with Gasteiger partial charge in [-0.15, -0.1) is 0 Å². The number of rotatable bonds is 6. The summed E-state index contributed by atoms with van der Waals surface area (Å²) in [6.07, 6.45) is -3.93. The lowest BCUT2D eigenvalue weighted by Gasteiger charge is -2.25. The first-order valence-corrected chi connectivity index (χ1v) is 5.61. The van der Waals surface area contributed by atoms with Crippen LogP contribution in [0.4, 0.5) is 13.2 Å². The van der Waals surface area contributed by atoms with E-state index in [1.165, 1.54) is 30.0 Å². The lowest BCUT2D eigenvalue weighted by molar-refractivity contribution is -0.164. The van der Waals surface area contributed by atoms with E-state index in [0.29, 0.717) is 13.0 Å². The van der Waals surface area contributed by atoms with Gasteiger partial charge in [-0.2, -0.15) is 18.4 Å². The molecule has 0 aromatic heterocycles. The van der Waals surface area contributed by atoms with Gasteiger partial charge in [0.15, 0.2) is 5.92 Å². The minimum atomic E-state index is -4.55. The van der Waals surface area contributed by atoms with Gasteiger partial charge in [0.25, 0.3) is 0 Å². The summed E-state index contributed by atoms with van der Waals surface area (Å²) >= 11 is 0. The summed E-state index contributed by atoms with van der Waals surface area (Å²) in [6.45, 7) is 1.60. The van der Waals surface area contributed by atoms with Crippen LogP contribution in [0.2, 0.25) is 0 Å². The van der Waals surface area contributed by atoms with Gasteiger partial charge in [-0.25, -0.2) is 0 Å². The van der Waals surface area contributed by atoms with Crippen LogP contribution in [0, 0.1) is 17.2 Å². The van der Waals surface area contributed by atoms with Gasteiger partial charge in [-0.1, -0.05) is 6.92 Å². The zero-order valence-electron chi connectivity index (χ0n) is 10.8. The number of carbonyl (C=O) groups is 1. The van der Waals surface area contributed by atoms with Crippen LogP contribution in [0.5, 0.6) is 0 Å². The van der Waals surface area contributed by atoms with Crippen molar-refractivity contribution in [3.05, 3.63) is 0 Å². The molecule has 7 heteroatoms. The van der Waals surface area contributed by atoms with Crippen LogP contribution in [0.3, 0.4) is 0 Å². The molecule has 0 saturated carbocycles. The number of carbonyl (C=O) groups excluding carboxylic acids is 1. The maximum atomic E-state index is 12.5. The summed E-state index contributed by atoms with van der Waals surface area (Å²) in [5.74, 6) is -2.33. The lowest BCUT2D eigenvalue weighted by atomic mass is 10.1. The first kappa shape index (κ1) is 16.7. The van der Waals surface area contributed by atoms with E-state index in [1.807, 2.05) is 6.92 Å². The molecule has 1 amide bonds. The average molecular weight is 265 g/mol. The Morgan fingerprint density at radius 2 is 1.94 bits per heavy atom. The van der Waals surface area contributed by atoms with E-state index in [9.17, 15) is 18.0 Å². The fraction of sp³-hybridized carbons (Fsp3) is 0.818. The van der Waals surface area contributed by atoms with Crippen molar-refractivity contribution >= 4 is 5.91 Å². The lowest BCUT2D eigenvalue weighted by Crippen LogP contribution is -2.42. The van der Waals surface area contributed by atoms with Crippen molar-refractivity contribution < 1.29 is 18.0 Å². The van der Waals surface area contributed by atoms with Gasteiger partial charge in [-0.05, 0) is 13.0 Å². The highest BCUT2D eigenvalue weighted by Crippen LogP contribution is 2.26. The van der Waals surface area contributed by atoms with Crippen molar-refractivity contribution in [3.63, 3.8) is 0 Å². The number of likely N-dealkylation sites (N-methyl/N-ethyl adjacent to an activating group) is 1. The summed E-state index contributed by atoms with van der Waals surface area (Å²) in [5, 5.41) is 8.53. The maximum absolute atomic E-state index is 12.5. The van der Waals surface area contributed by atoms with Gasteiger partial charge in [-0.3, -0.25) is 9.69 Å². The van der Waals surface area contributed by atoms with E-state index >= 15 is 0 Å². The van der Waals surface area contributed by atoms with E-state index in [1.54, 1.807) is 0 Å². The van der Waals surface area contributed by atoms with Crippen molar-refractivity contribution in [2.75, 3.05) is 33.7 Å². The highest BCUT2D eigenvalue weighted by molar-refractivity contribution is 5.77. The molecule has 0 N–H and O–H groups in total. The first-order valence-electron chi connectivity index (χ1n) is 5.61. The molecular weight excluding hydrogens is 247 g/mol. The van der Waals surface area contributed by atoms with Gasteiger partial charge < -0.3 is 4.90 Å². The third-order valence-electron chi connectivity index (χ3n) is 2.39. The molecule has 0 aliphatic rings. The SMILES string of the molecule is CCCN(CC(=O)N(C)C)CC(C#N)C(F)(F)F. The van der Waals surface area contributed by atoms with E-state index in [0.717, 1.165) is 0 Å². The van der Waals surface area contributed by atoms with E-state index in [2.05, 4.69) is 0 Å². The zero-order chi connectivity index (χ0) is 14.3. The summed E-state index contributed by atoms with van der Waals surface area (Å²) in [5.41, 5.74) is 0. The van der Waals surface area contributed by atoms with E-state index in [-0.39, 0.29) is 12.5 Å². The number of hydrogen-bond donors (Lipinski definition) is 0. The zero-order valence-corrected chi connectivity index (χ0v) is 10.8. The summed E-state index contributed by atoms with van der Waals surface area (Å²) in [7, 11) is 3.08. The van der Waals surface area contributed by atoms with E-state index < -0.39 is 18.6 Å². The molecular formula is C11H18F3N3O. The molecule has 0 bridgehead atoms. The Morgan fingerprint density at radius 3 is 2.28 bits per heavy atom. The fourth-order valence-corrected chi connectivity index (χ4v) is 1.36. The Bertz CT molecular complexity index is 310. The normalized spacial score (nSPS) is 13.2. The van der Waals surface area contributed by atoms with Crippen molar-refractivity contribution in [3.8, 4) is 6.07 Å². The summed E-state index contributed by atoms with van der Waals surface area (Å²) in [6, 6.07) is 1.24. The Kier molecular flexibility index (Phi) is 6.70. The van der Waals surface area contributed by atoms with Crippen molar-refractivity contribution in [2.24, 2.45) is 5.92 Å². The average Bonchev–Trinajstić information content (AvgIpc) is 2.23. The Labute approximate surface area is 105 Å². The second-order valence-corrected chi connectivity index (χ2v) is 4.25. The molecule has 0 spiro atoms. The van der Waals surface area contributed by atoms with Gasteiger partial charge in [0.2, 0.25) is 5.91 Å². The van der Waals surface area contributed by atoms with Crippen LogP contribution in [-0.4, -0.2) is 55.6 Å². The van der Waals surface area contributed by atoms with Crippen LogP contribution in [-0.2, 0) is 4.79 Å². The quantitative estimate of drug-likeness (QED) is 0.731. The number of halogens is 3. The number of nitrogens with zero attached hydrogens (tertiary/aromatic N) is 3. The van der Waals surface area contributed by atoms with Gasteiger partial charge in [0.05, 0.1) is 12.6 Å². The molecule has 0 radical (unpaired) electrons. The fourth-order valence-electron chi connectivity index (χ4n) is 1.36. The molecule has 0 rings (SSSR count). The highest BCUT2D eigenvalue weighted by atomic mass is 19.4. The monoisotopic (exact) mass is 265 g/mol. The number of hydrogen-bond acceptors (Lipinski definition) is 3. The molecule has 104 valence electrons. The number of alkyl halides is 3. The largest absolute Gasteiger partial charge is 0.405 e. The number of nitriles is 1. The second-order valence-electron chi connectivity index (χ2n) is 4.25. The van der Waals surface area contributed by atoms with Crippen LogP contribution in [0.15, 0.2) is 0 Å². The van der Waals surface area contributed by atoms with E-state index in [4.69, 9.17) is 5.26 Å². The predicted octanol–water partition coefficient (Wildman–Crippen LogP) is 1.49. The third kappa shape index (κ3) is 5.87. The topological polar surface area (TPSA) is 47.3 Å². The molecule has 4 nitrogen and oxygen atoms in total. The first-order chi connectivity index (χ1) is 8.22. The van der Waals surface area contributed by atoms with Crippen molar-refractivity contribution in [2.45, 2.75) is 19.5 Å². The van der Waals surface area contributed by atoms with Gasteiger partial charge in [0, 0.05) is 20.6 Å². The summed E-state index contributed by atoms with van der Waals surface area (Å²) < 4.78 is 37.4. The molecule has 0 saturated heterocycles. The summed E-state index contributed by atoms with van der Waals surface area (Å²) in [4.78, 5) is 14.1. The van der Waals surface area contributed by atoms with Crippen LogP contribution >= 0.6 is 0 Å². The molecule has 0 fully saturated rings. The standard InChI is InChI=1S/C11H18F3N3O/c1-4-5-17(8-10(18)16(2)3)7-9(6-15)11(12,13)14/h9H,4-5,7-8H2,1-3H3. The Balaban J connectivity index is 4.62. The van der Waals surface area contributed by atoms with Crippen LogP contribution in [0.1, 0.15) is 13.3 Å². The third-order valence-corrected chi connectivity index (χ3v) is 2.39. The minimum absolute atomic E-state index is 0.102. The molecule has 0 aliphatic carbocycles. The van der Waals surface area contributed by atoms with Crippen LogP contribution in [0.25, 0.3) is 0 Å². The molecule has 0 aromatic carbocycles. The molecule has 0 aliphatic heterocycles. The van der Waals surface area contributed by atoms with Crippen molar-refractivity contribution in [1.82, 2.24) is 9.80 Å². The molecule has 0 heterocycles. The molecule has 1 atom stereocenters. The Morgan fingerprint density at radius 1 is 1.39 bits per heavy atom. The van der Waals surface area contributed by atoms with Crippen LogP contribution < -0.4 is 0 Å². The molecule has 18 heavy (non-hydrogen) atoms. The molecule has 0 aromatic rings. The Hall–Kier alpha value is -1.29. The number of amides is 1. The maximum Gasteiger partial charge on any atom is 0.405 e. The molecule has 1 unspecified atom stereocenters. The van der Waals surface area contributed by atoms with Crippen molar-refractivity contribution in [1.29, 1.82) is 5.26 Å². The second kappa shape index (κ2) is 7.21. The minimum Gasteiger partial charge on any atom is -0.348 e. The van der Waals surface area contributed by atoms with Gasteiger partial charge >= 0.3 is 6.18 Å².